The maximum Gasteiger partial charge on any atom is 0.306 e. The number of hydrogen-bond acceptors (Lipinski definition) is 6. The van der Waals surface area contributed by atoms with Crippen LogP contribution in [0.4, 0.5) is 11.4 Å². The van der Waals surface area contributed by atoms with Crippen molar-refractivity contribution in [3.8, 4) is 0 Å². The van der Waals surface area contributed by atoms with Crippen molar-refractivity contribution in [1.82, 2.24) is 20.0 Å². The SMILES string of the molecule is O=[N+]([O-])c1cn[nH]c1.[2H]C([2H])([2H])n1cc([N+](=O)[O-])cn1. The molecule has 0 aliphatic heterocycles. The molecule has 0 amide bonds. The molecular weight excluding hydrogens is 232 g/mol. The first-order valence-electron chi connectivity index (χ1n) is 5.54. The summed E-state index contributed by atoms with van der Waals surface area (Å²) in [4.78, 5) is 18.7. The van der Waals surface area contributed by atoms with Crippen LogP contribution in [-0.4, -0.2) is 29.8 Å². The number of nitro groups is 2. The molecule has 10 nitrogen and oxygen atoms in total. The molecule has 2 rings (SSSR count). The van der Waals surface area contributed by atoms with Gasteiger partial charge in [0, 0.05) is 11.1 Å². The van der Waals surface area contributed by atoms with Crippen LogP contribution in [0.5, 0.6) is 0 Å². The number of nitrogens with zero attached hydrogens (tertiary/aromatic N) is 5. The van der Waals surface area contributed by atoms with Crippen LogP contribution in [0.15, 0.2) is 24.8 Å². The number of rotatable bonds is 2. The molecule has 0 aliphatic carbocycles. The zero-order valence-electron chi connectivity index (χ0n) is 11.2. The predicted molar refractivity (Wildman–Crippen MR) is 55.1 cm³/mol. The molecule has 90 valence electrons. The molecular formula is C7H8N6O4. The van der Waals surface area contributed by atoms with Crippen molar-refractivity contribution in [3.05, 3.63) is 45.0 Å². The van der Waals surface area contributed by atoms with Gasteiger partial charge in [0.05, 0.1) is 16.0 Å². The fraction of sp³-hybridized carbons (Fsp3) is 0.143. The van der Waals surface area contributed by atoms with Gasteiger partial charge in [-0.2, -0.15) is 10.2 Å². The summed E-state index contributed by atoms with van der Waals surface area (Å²) in [7, 11) is 0. The maximum atomic E-state index is 10.1. The van der Waals surface area contributed by atoms with Gasteiger partial charge >= 0.3 is 11.4 Å². The van der Waals surface area contributed by atoms with Gasteiger partial charge in [0.2, 0.25) is 0 Å². The Morgan fingerprint density at radius 3 is 2.35 bits per heavy atom. The third-order valence-electron chi connectivity index (χ3n) is 1.47. The average molecular weight is 243 g/mol. The molecule has 0 aromatic carbocycles. The van der Waals surface area contributed by atoms with Gasteiger partial charge in [0.15, 0.2) is 0 Å². The number of hydrogen-bond donors (Lipinski definition) is 1. The first-order valence-corrected chi connectivity index (χ1v) is 4.04. The Labute approximate surface area is 98.4 Å². The van der Waals surface area contributed by atoms with Gasteiger partial charge in [0.1, 0.15) is 18.6 Å². The van der Waals surface area contributed by atoms with Crippen LogP contribution in [-0.2, 0) is 6.98 Å². The van der Waals surface area contributed by atoms with E-state index in [1.165, 1.54) is 6.20 Å². The van der Waals surface area contributed by atoms with Crippen molar-refractivity contribution in [3.63, 3.8) is 0 Å². The van der Waals surface area contributed by atoms with E-state index in [-0.39, 0.29) is 11.4 Å². The predicted octanol–water partition coefficient (Wildman–Crippen LogP) is 0.646. The second kappa shape index (κ2) is 5.34. The van der Waals surface area contributed by atoms with Crippen LogP contribution in [0.25, 0.3) is 0 Å². The molecule has 0 saturated carbocycles. The number of nitrogens with one attached hydrogen (secondary N) is 1. The highest BCUT2D eigenvalue weighted by Crippen LogP contribution is 2.05. The van der Waals surface area contributed by atoms with Crippen LogP contribution in [0.1, 0.15) is 4.11 Å². The highest BCUT2D eigenvalue weighted by molar-refractivity contribution is 5.20. The number of aryl methyl sites for hydroxylation is 1. The van der Waals surface area contributed by atoms with E-state index in [9.17, 15) is 20.2 Å². The van der Waals surface area contributed by atoms with E-state index < -0.39 is 16.8 Å². The summed E-state index contributed by atoms with van der Waals surface area (Å²) in [5.41, 5.74) is -0.337. The van der Waals surface area contributed by atoms with Gasteiger partial charge in [-0.3, -0.25) is 30.0 Å². The average Bonchev–Trinajstić information content (AvgIpc) is 3.01. The van der Waals surface area contributed by atoms with Crippen LogP contribution in [0.2, 0.25) is 0 Å². The van der Waals surface area contributed by atoms with E-state index in [0.29, 0.717) is 4.68 Å². The summed E-state index contributed by atoms with van der Waals surface area (Å²) in [6, 6.07) is 0. The van der Waals surface area contributed by atoms with Crippen molar-refractivity contribution in [2.75, 3.05) is 0 Å². The molecule has 2 heterocycles. The van der Waals surface area contributed by atoms with Crippen molar-refractivity contribution in [2.45, 2.75) is 0 Å². The highest BCUT2D eigenvalue weighted by Gasteiger charge is 2.05. The summed E-state index contributed by atoms with van der Waals surface area (Å²) < 4.78 is 21.1. The lowest BCUT2D eigenvalue weighted by molar-refractivity contribution is -0.385. The number of aromatic nitrogens is 4. The molecule has 0 bridgehead atoms. The first kappa shape index (κ1) is 8.38. The minimum Gasteiger partial charge on any atom is -0.279 e. The summed E-state index contributed by atoms with van der Waals surface area (Å²) >= 11 is 0. The monoisotopic (exact) mass is 243 g/mol. The summed E-state index contributed by atoms with van der Waals surface area (Å²) in [6.07, 6.45) is 4.14. The van der Waals surface area contributed by atoms with Crippen molar-refractivity contribution >= 4 is 11.4 Å². The Bertz CT molecular complexity index is 592. The number of H-pyrrole nitrogens is 1. The van der Waals surface area contributed by atoms with E-state index >= 15 is 0 Å². The van der Waals surface area contributed by atoms with E-state index in [4.69, 9.17) is 4.11 Å². The van der Waals surface area contributed by atoms with E-state index in [2.05, 4.69) is 15.3 Å². The Kier molecular flexibility index (Phi) is 2.63. The fourth-order valence-electron chi connectivity index (χ4n) is 0.752. The van der Waals surface area contributed by atoms with Crippen LogP contribution >= 0.6 is 0 Å². The molecule has 1 N–H and O–H groups in total. The molecule has 0 spiro atoms. The minimum atomic E-state index is -2.45. The van der Waals surface area contributed by atoms with Crippen LogP contribution in [0, 0.1) is 20.2 Å². The first-order chi connectivity index (χ1) is 9.21. The smallest absolute Gasteiger partial charge is 0.279 e. The third-order valence-corrected chi connectivity index (χ3v) is 1.47. The topological polar surface area (TPSA) is 133 Å². The second-order valence-corrected chi connectivity index (χ2v) is 2.61. The Hall–Kier alpha value is -2.78. The molecule has 17 heavy (non-hydrogen) atoms. The van der Waals surface area contributed by atoms with Gasteiger partial charge in [-0.15, -0.1) is 0 Å². The lowest BCUT2D eigenvalue weighted by Gasteiger charge is -1.79. The molecule has 0 radical (unpaired) electrons. The minimum absolute atomic E-state index is 0.00926. The van der Waals surface area contributed by atoms with E-state index in [1.54, 1.807) is 0 Å². The Balaban J connectivity index is 0.000000217. The molecule has 0 fully saturated rings. The van der Waals surface area contributed by atoms with E-state index in [0.717, 1.165) is 18.6 Å². The van der Waals surface area contributed by atoms with E-state index in [1.807, 2.05) is 0 Å². The van der Waals surface area contributed by atoms with Crippen molar-refractivity contribution < 1.29 is 14.0 Å². The normalized spacial score (nSPS) is 12.6. The quantitative estimate of drug-likeness (QED) is 0.607. The van der Waals surface area contributed by atoms with Crippen molar-refractivity contribution in [1.29, 1.82) is 0 Å². The highest BCUT2D eigenvalue weighted by atomic mass is 16.6. The molecule has 10 heteroatoms. The van der Waals surface area contributed by atoms with Crippen LogP contribution < -0.4 is 0 Å². The lowest BCUT2D eigenvalue weighted by Crippen LogP contribution is -1.86. The zero-order chi connectivity index (χ0) is 15.3. The van der Waals surface area contributed by atoms with Gasteiger partial charge in [-0.1, -0.05) is 0 Å². The van der Waals surface area contributed by atoms with Gasteiger partial charge < -0.3 is 0 Å². The lowest BCUT2D eigenvalue weighted by atomic mass is 10.6. The van der Waals surface area contributed by atoms with Crippen LogP contribution in [0.3, 0.4) is 0 Å². The third kappa shape index (κ3) is 3.70. The fourth-order valence-corrected chi connectivity index (χ4v) is 0.752. The van der Waals surface area contributed by atoms with Gasteiger partial charge in [-0.05, 0) is 0 Å². The summed E-state index contributed by atoms with van der Waals surface area (Å²) in [5.74, 6) is 0. The molecule has 0 atom stereocenters. The standard InChI is InChI=1S/C4H5N3O2.C3H3N3O2/c1-6-3-4(2-5-6)7(8)9;7-6(8)3-1-4-5-2-3/h2-3H,1H3;1-2H,(H,4,5)/i1D3;. The Morgan fingerprint density at radius 1 is 1.35 bits per heavy atom. The molecule has 2 aromatic heterocycles. The zero-order valence-corrected chi connectivity index (χ0v) is 8.18. The maximum absolute atomic E-state index is 10.1. The summed E-state index contributed by atoms with van der Waals surface area (Å²) in [6.45, 7) is -2.45. The molecule has 0 aliphatic rings. The van der Waals surface area contributed by atoms with Gasteiger partial charge in [-0.25, -0.2) is 0 Å². The number of aromatic amines is 1. The molecule has 0 unspecified atom stereocenters. The second-order valence-electron chi connectivity index (χ2n) is 2.61. The Morgan fingerprint density at radius 2 is 2.06 bits per heavy atom. The summed E-state index contributed by atoms with van der Waals surface area (Å²) in [5, 5.41) is 28.9. The molecule has 0 saturated heterocycles. The van der Waals surface area contributed by atoms with Gasteiger partial charge in [0.25, 0.3) is 0 Å². The largest absolute Gasteiger partial charge is 0.306 e. The van der Waals surface area contributed by atoms with Crippen molar-refractivity contribution in [2.24, 2.45) is 6.98 Å². The molecule has 2 aromatic rings.